The van der Waals surface area contributed by atoms with Crippen LogP contribution in [0.3, 0.4) is 0 Å². The van der Waals surface area contributed by atoms with Crippen LogP contribution in [0.4, 0.5) is 0 Å². The molecule has 0 bridgehead atoms. The topological polar surface area (TPSA) is 142 Å². The van der Waals surface area contributed by atoms with Crippen LogP contribution in [0.1, 0.15) is 37.2 Å². The molecule has 4 aliphatic rings. The Morgan fingerprint density at radius 1 is 1.13 bits per heavy atom. The highest BCUT2D eigenvalue weighted by atomic mass is 35.5. The van der Waals surface area contributed by atoms with Crippen LogP contribution >= 0.6 is 23.2 Å². The first-order chi connectivity index (χ1) is 17.9. The van der Waals surface area contributed by atoms with Crippen LogP contribution < -0.4 is 4.74 Å². The van der Waals surface area contributed by atoms with E-state index in [9.17, 15) is 29.1 Å². The van der Waals surface area contributed by atoms with Gasteiger partial charge < -0.3 is 14.9 Å². The Bertz CT molecular complexity index is 1310. The van der Waals surface area contributed by atoms with Crippen LogP contribution in [0.5, 0.6) is 11.5 Å². The molecule has 0 aromatic heterocycles. The zero-order valence-corrected chi connectivity index (χ0v) is 22.2. The minimum absolute atomic E-state index is 0.0279. The van der Waals surface area contributed by atoms with Gasteiger partial charge in [0.25, 0.3) is 11.8 Å². The fourth-order valence-corrected chi connectivity index (χ4v) is 7.71. The molecule has 3 fully saturated rings. The first-order valence-corrected chi connectivity index (χ1v) is 13.0. The first-order valence-electron chi connectivity index (χ1n) is 12.2. The number of methoxy groups -OCH3 is 1. The molecule has 0 radical (unpaired) electrons. The number of carboxylic acid groups (broad SMARTS) is 1. The van der Waals surface area contributed by atoms with Gasteiger partial charge in [-0.05, 0) is 31.2 Å². The first kappa shape index (κ1) is 26.5. The number of nitrogens with zero attached hydrogens (tertiary/aromatic N) is 2. The van der Waals surface area contributed by atoms with E-state index in [-0.39, 0.29) is 43.7 Å². The number of amides is 4. The molecular formula is C26H26Cl2N2O8. The van der Waals surface area contributed by atoms with E-state index in [4.69, 9.17) is 33.0 Å². The maximum absolute atomic E-state index is 13.6. The lowest BCUT2D eigenvalue weighted by atomic mass is 9.56. The van der Waals surface area contributed by atoms with E-state index >= 15 is 0 Å². The molecule has 0 spiro atoms. The van der Waals surface area contributed by atoms with E-state index in [1.54, 1.807) is 12.1 Å². The summed E-state index contributed by atoms with van der Waals surface area (Å²) in [5.41, 5.74) is 1.01. The zero-order chi connectivity index (χ0) is 27.7. The largest absolute Gasteiger partial charge is 0.508 e. The van der Waals surface area contributed by atoms with Crippen LogP contribution in [0.2, 0.25) is 0 Å². The lowest BCUT2D eigenvalue weighted by molar-refractivity contribution is -0.142. The summed E-state index contributed by atoms with van der Waals surface area (Å²) in [6.45, 7) is -0.0279. The van der Waals surface area contributed by atoms with Crippen molar-refractivity contribution < 1.29 is 38.9 Å². The number of hydrogen-bond donors (Lipinski definition) is 2. The fourth-order valence-electron chi connectivity index (χ4n) is 6.70. The van der Waals surface area contributed by atoms with E-state index in [1.165, 1.54) is 26.3 Å². The van der Waals surface area contributed by atoms with Crippen molar-refractivity contribution in [2.24, 2.45) is 17.8 Å². The number of phenols is 1. The maximum Gasteiger partial charge on any atom is 0.303 e. The van der Waals surface area contributed by atoms with Gasteiger partial charge in [0.15, 0.2) is 9.75 Å². The standard InChI is InChI=1S/C26H26Cl2N2O8/c1-29-23(36)25(27)11-16-13(7-8-15-19(16)22(35)30(21(15)34)9-3-4-18(32)33)20(26(25,28)24(29)37)14-6-5-12(31)10-17(14)38-2/h5-7,10,15-16,19-20,31H,3-4,8-9,11H2,1-2H3,(H,32,33)/t15-,16+,19-,20+,25+,26-/m0/s1. The summed E-state index contributed by atoms with van der Waals surface area (Å²) < 4.78 is 5.50. The molecular weight excluding hydrogens is 539 g/mol. The summed E-state index contributed by atoms with van der Waals surface area (Å²) >= 11 is 14.2. The van der Waals surface area contributed by atoms with E-state index in [2.05, 4.69) is 0 Å². The normalized spacial score (nSPS) is 34.2. The fraction of sp³-hybridized carbons (Fsp3) is 0.500. The molecule has 2 aliphatic carbocycles. The molecule has 2 saturated heterocycles. The molecule has 2 heterocycles. The smallest absolute Gasteiger partial charge is 0.303 e. The van der Waals surface area contributed by atoms with Crippen LogP contribution in [0.15, 0.2) is 29.8 Å². The molecule has 10 nitrogen and oxygen atoms in total. The molecule has 6 atom stereocenters. The van der Waals surface area contributed by atoms with Gasteiger partial charge in [0.2, 0.25) is 11.8 Å². The molecule has 1 aromatic rings. The summed E-state index contributed by atoms with van der Waals surface area (Å²) in [6.07, 6.45) is 1.79. The van der Waals surface area contributed by atoms with Crippen LogP contribution in [0.25, 0.3) is 0 Å². The van der Waals surface area contributed by atoms with Gasteiger partial charge in [-0.1, -0.05) is 17.7 Å². The van der Waals surface area contributed by atoms with Crippen molar-refractivity contribution in [1.29, 1.82) is 0 Å². The van der Waals surface area contributed by atoms with Gasteiger partial charge in [-0.3, -0.25) is 33.8 Å². The average molecular weight is 565 g/mol. The van der Waals surface area contributed by atoms with Crippen molar-refractivity contribution in [3.63, 3.8) is 0 Å². The SMILES string of the molecule is COc1cc(O)ccc1[C@H]1C2=CC[C@@H]3C(=O)N(CCCC(=O)O)C(=O)[C@@H]3[C@@H]2C[C@@]2(Cl)C(=O)N(C)C(=O)[C@@]12Cl. The van der Waals surface area contributed by atoms with Gasteiger partial charge in [0.05, 0.1) is 18.9 Å². The quantitative estimate of drug-likeness (QED) is 0.304. The molecule has 38 heavy (non-hydrogen) atoms. The monoisotopic (exact) mass is 564 g/mol. The number of imide groups is 2. The number of rotatable bonds is 6. The Kier molecular flexibility index (Phi) is 6.26. The third kappa shape index (κ3) is 3.42. The number of likely N-dealkylation sites (tertiary alicyclic amines) is 2. The predicted molar refractivity (Wildman–Crippen MR) is 134 cm³/mol. The molecule has 202 valence electrons. The molecule has 0 unspecified atom stereocenters. The second-order valence-corrected chi connectivity index (χ2v) is 11.5. The molecule has 1 aromatic carbocycles. The highest BCUT2D eigenvalue weighted by Crippen LogP contribution is 2.66. The number of hydrogen-bond acceptors (Lipinski definition) is 7. The van der Waals surface area contributed by atoms with Gasteiger partial charge in [-0.25, -0.2) is 0 Å². The van der Waals surface area contributed by atoms with Crippen molar-refractivity contribution in [2.75, 3.05) is 20.7 Å². The third-order valence-electron chi connectivity index (χ3n) is 8.41. The minimum atomic E-state index is -1.95. The number of aliphatic carboxylic acids is 1. The summed E-state index contributed by atoms with van der Waals surface area (Å²) in [7, 11) is 2.69. The Hall–Kier alpha value is -3.11. The molecule has 2 N–H and O–H groups in total. The summed E-state index contributed by atoms with van der Waals surface area (Å²) in [4.78, 5) is 62.9. The number of carbonyl (C=O) groups excluding carboxylic acids is 4. The predicted octanol–water partition coefficient (Wildman–Crippen LogP) is 2.25. The second-order valence-electron chi connectivity index (χ2n) is 10.2. The highest BCUT2D eigenvalue weighted by molar-refractivity contribution is 6.53. The zero-order valence-electron chi connectivity index (χ0n) is 20.6. The number of alkyl halides is 2. The van der Waals surface area contributed by atoms with Crippen LogP contribution in [0, 0.1) is 17.8 Å². The van der Waals surface area contributed by atoms with Gasteiger partial charge in [-0.15, -0.1) is 23.2 Å². The van der Waals surface area contributed by atoms with Crippen molar-refractivity contribution >= 4 is 52.8 Å². The van der Waals surface area contributed by atoms with E-state index in [0.29, 0.717) is 11.1 Å². The van der Waals surface area contributed by atoms with Crippen molar-refractivity contribution in [2.45, 2.75) is 41.3 Å². The number of benzene rings is 1. The average Bonchev–Trinajstić information content (AvgIpc) is 3.19. The number of phenolic OH excluding ortho intramolecular Hbond substituents is 1. The van der Waals surface area contributed by atoms with Gasteiger partial charge in [-0.2, -0.15) is 0 Å². The molecule has 12 heteroatoms. The number of aromatic hydroxyl groups is 1. The number of allylic oxidation sites excluding steroid dienone is 2. The van der Waals surface area contributed by atoms with Gasteiger partial charge >= 0.3 is 5.97 Å². The lowest BCUT2D eigenvalue weighted by Gasteiger charge is -2.51. The summed E-state index contributed by atoms with van der Waals surface area (Å²) in [6, 6.07) is 4.31. The van der Waals surface area contributed by atoms with Gasteiger partial charge in [0.1, 0.15) is 11.5 Å². The Labute approximate surface area is 228 Å². The lowest BCUT2D eigenvalue weighted by Crippen LogP contribution is -2.60. The van der Waals surface area contributed by atoms with Crippen LogP contribution in [-0.4, -0.2) is 80.1 Å². The van der Waals surface area contributed by atoms with Crippen molar-refractivity contribution in [1.82, 2.24) is 9.80 Å². The highest BCUT2D eigenvalue weighted by Gasteiger charge is 2.76. The molecule has 1 saturated carbocycles. The summed E-state index contributed by atoms with van der Waals surface area (Å²) in [5.74, 6) is -6.36. The van der Waals surface area contributed by atoms with Gasteiger partial charge in [0, 0.05) is 37.6 Å². The number of ether oxygens (including phenoxy) is 1. The van der Waals surface area contributed by atoms with E-state index < -0.39 is 63.0 Å². The number of halogens is 2. The minimum Gasteiger partial charge on any atom is -0.508 e. The van der Waals surface area contributed by atoms with Crippen LogP contribution in [-0.2, 0) is 24.0 Å². The molecule has 4 amide bonds. The molecule has 2 aliphatic heterocycles. The summed E-state index contributed by atoms with van der Waals surface area (Å²) in [5, 5.41) is 19.0. The Balaban J connectivity index is 1.64. The van der Waals surface area contributed by atoms with E-state index in [1.807, 2.05) is 0 Å². The second kappa shape index (κ2) is 8.98. The number of carboxylic acids is 1. The molecule has 5 rings (SSSR count). The van der Waals surface area contributed by atoms with Crippen molar-refractivity contribution in [3.05, 3.63) is 35.4 Å². The maximum atomic E-state index is 13.6. The number of carbonyl (C=O) groups is 5. The van der Waals surface area contributed by atoms with Crippen molar-refractivity contribution in [3.8, 4) is 11.5 Å². The third-order valence-corrected chi connectivity index (χ3v) is 9.82. The number of fused-ring (bicyclic) bond motifs is 4. The Morgan fingerprint density at radius 3 is 2.50 bits per heavy atom. The van der Waals surface area contributed by atoms with E-state index in [0.717, 1.165) is 9.80 Å². The Morgan fingerprint density at radius 2 is 1.84 bits per heavy atom.